The van der Waals surface area contributed by atoms with Crippen LogP contribution in [0.3, 0.4) is 0 Å². The summed E-state index contributed by atoms with van der Waals surface area (Å²) in [5, 5.41) is 8.08. The molecule has 0 heteroatoms. The number of hydrogen-bond donors (Lipinski definition) is 0. The summed E-state index contributed by atoms with van der Waals surface area (Å²) in [6, 6.07) is 46.2. The molecule has 0 aliphatic heterocycles. The predicted molar refractivity (Wildman–Crippen MR) is 235 cm³/mol. The molecule has 51 heavy (non-hydrogen) atoms. The Morgan fingerprint density at radius 3 is 1.57 bits per heavy atom. The van der Waals surface area contributed by atoms with E-state index in [0.29, 0.717) is 0 Å². The van der Waals surface area contributed by atoms with Crippen molar-refractivity contribution in [3.8, 4) is 22.3 Å². The van der Waals surface area contributed by atoms with Gasteiger partial charge in [-0.3, -0.25) is 0 Å². The number of aryl methyl sites for hydroxylation is 2. The first kappa shape index (κ1) is 42.2. The minimum Gasteiger partial charge on any atom is -0.0848 e. The van der Waals surface area contributed by atoms with E-state index < -0.39 is 0 Å². The van der Waals surface area contributed by atoms with Crippen LogP contribution in [-0.2, 0) is 6.42 Å². The van der Waals surface area contributed by atoms with Crippen molar-refractivity contribution in [2.75, 3.05) is 0 Å². The molecular weight excluding hydrogens is 613 g/mol. The van der Waals surface area contributed by atoms with E-state index in [0.717, 1.165) is 12.8 Å². The summed E-state index contributed by atoms with van der Waals surface area (Å²) in [4.78, 5) is 0. The lowest BCUT2D eigenvalue weighted by molar-refractivity contribution is 1.11. The lowest BCUT2D eigenvalue weighted by Crippen LogP contribution is -1.91. The summed E-state index contributed by atoms with van der Waals surface area (Å²) in [5.74, 6) is 0. The minimum atomic E-state index is 0. The molecule has 0 spiro atoms. The Bertz CT molecular complexity index is 2020. The van der Waals surface area contributed by atoms with Crippen molar-refractivity contribution in [2.24, 2.45) is 0 Å². The highest BCUT2D eigenvalue weighted by Crippen LogP contribution is 2.44. The van der Waals surface area contributed by atoms with Crippen molar-refractivity contribution in [3.63, 3.8) is 0 Å². The summed E-state index contributed by atoms with van der Waals surface area (Å²) in [5.41, 5.74) is 10.7. The smallest absolute Gasteiger partial charge is 0.00142 e. The predicted octanol–water partition coefficient (Wildman–Crippen LogP) is 16.4. The molecule has 0 bridgehead atoms. The van der Waals surface area contributed by atoms with Crippen LogP contribution in [0.15, 0.2) is 151 Å². The molecule has 0 atom stereocenters. The fourth-order valence-electron chi connectivity index (χ4n) is 6.29. The van der Waals surface area contributed by atoms with Gasteiger partial charge in [0.25, 0.3) is 0 Å². The molecule has 266 valence electrons. The Labute approximate surface area is 310 Å². The van der Waals surface area contributed by atoms with Crippen molar-refractivity contribution in [2.45, 2.75) is 89.5 Å². The van der Waals surface area contributed by atoms with E-state index in [4.69, 9.17) is 0 Å². The Morgan fingerprint density at radius 2 is 1.02 bits per heavy atom. The van der Waals surface area contributed by atoms with Crippen LogP contribution in [0.2, 0.25) is 0 Å². The van der Waals surface area contributed by atoms with Gasteiger partial charge in [0, 0.05) is 0 Å². The third-order valence-corrected chi connectivity index (χ3v) is 8.65. The van der Waals surface area contributed by atoms with Crippen LogP contribution in [-0.4, -0.2) is 0 Å². The van der Waals surface area contributed by atoms with Gasteiger partial charge in [0.2, 0.25) is 0 Å². The summed E-state index contributed by atoms with van der Waals surface area (Å²) in [6.45, 7) is 20.7. The second kappa shape index (κ2) is 22.0. The third-order valence-electron chi connectivity index (χ3n) is 8.65. The van der Waals surface area contributed by atoms with Crippen molar-refractivity contribution < 1.29 is 0 Å². The number of rotatable bonds is 6. The van der Waals surface area contributed by atoms with E-state index in [2.05, 4.69) is 173 Å². The summed E-state index contributed by atoms with van der Waals surface area (Å²) in [7, 11) is 0. The Balaban J connectivity index is 0.000000351. The van der Waals surface area contributed by atoms with Crippen molar-refractivity contribution >= 4 is 32.3 Å². The third kappa shape index (κ3) is 10.3. The first-order valence-electron chi connectivity index (χ1n) is 18.7. The molecule has 0 unspecified atom stereocenters. The van der Waals surface area contributed by atoms with E-state index >= 15 is 0 Å². The molecule has 0 aliphatic carbocycles. The largest absolute Gasteiger partial charge is 0.0848 e. The van der Waals surface area contributed by atoms with E-state index in [1.54, 1.807) is 0 Å². The van der Waals surface area contributed by atoms with Gasteiger partial charge in [0.1, 0.15) is 0 Å². The Morgan fingerprint density at radius 1 is 0.529 bits per heavy atom. The van der Waals surface area contributed by atoms with Gasteiger partial charge in [-0.05, 0) is 111 Å². The van der Waals surface area contributed by atoms with Crippen LogP contribution in [0.5, 0.6) is 0 Å². The molecule has 0 saturated carbocycles. The molecule has 0 nitrogen and oxygen atoms in total. The van der Waals surface area contributed by atoms with Gasteiger partial charge < -0.3 is 0 Å². The van der Waals surface area contributed by atoms with Crippen LogP contribution in [0.4, 0.5) is 0 Å². The molecule has 0 radical (unpaired) electrons. The van der Waals surface area contributed by atoms with Crippen LogP contribution >= 0.6 is 0 Å². The number of hydrogen-bond acceptors (Lipinski definition) is 0. The highest BCUT2D eigenvalue weighted by atomic mass is 14.2. The second-order valence-corrected chi connectivity index (χ2v) is 11.8. The molecule has 7 rings (SSSR count). The minimum absolute atomic E-state index is 0. The zero-order chi connectivity index (χ0) is 36.5. The summed E-state index contributed by atoms with van der Waals surface area (Å²) in [6.07, 6.45) is 8.69. The van der Waals surface area contributed by atoms with Gasteiger partial charge in [0.15, 0.2) is 0 Å². The molecule has 0 amide bonds. The fourth-order valence-corrected chi connectivity index (χ4v) is 6.29. The van der Waals surface area contributed by atoms with Crippen molar-refractivity contribution in [1.82, 2.24) is 0 Å². The van der Waals surface area contributed by atoms with Gasteiger partial charge in [-0.1, -0.05) is 201 Å². The maximum Gasteiger partial charge on any atom is -0.00142 e. The normalized spacial score (nSPS) is 10.6. The van der Waals surface area contributed by atoms with Gasteiger partial charge in [-0.25, -0.2) is 0 Å². The van der Waals surface area contributed by atoms with Gasteiger partial charge in [0.05, 0.1) is 0 Å². The zero-order valence-corrected chi connectivity index (χ0v) is 32.3. The van der Waals surface area contributed by atoms with Crippen molar-refractivity contribution in [3.05, 3.63) is 168 Å². The molecule has 0 N–H and O–H groups in total. The highest BCUT2D eigenvalue weighted by Gasteiger charge is 2.17. The SMILES string of the molecule is C.CC.CC.CC.CC/C=C\C=C(/C)Cc1ccccc1C.Cc1ccc2ccc3c(-c4ccccc4)cc(-c4ccccc4)c4ccc1c2c34. The van der Waals surface area contributed by atoms with Crippen LogP contribution in [0.25, 0.3) is 54.6 Å². The molecular formula is C51H62. The molecule has 0 fully saturated rings. The van der Waals surface area contributed by atoms with Gasteiger partial charge in [-0.15, -0.1) is 0 Å². The average Bonchev–Trinajstić information content (AvgIpc) is 3.19. The van der Waals surface area contributed by atoms with E-state index in [-0.39, 0.29) is 7.43 Å². The Hall–Kier alpha value is -4.94. The second-order valence-electron chi connectivity index (χ2n) is 11.8. The van der Waals surface area contributed by atoms with Crippen LogP contribution < -0.4 is 0 Å². The molecule has 0 heterocycles. The first-order valence-corrected chi connectivity index (χ1v) is 18.7. The van der Waals surface area contributed by atoms with Crippen LogP contribution in [0.1, 0.15) is 85.9 Å². The van der Waals surface area contributed by atoms with E-state index in [1.165, 1.54) is 76.8 Å². The van der Waals surface area contributed by atoms with Crippen LogP contribution in [0, 0.1) is 13.8 Å². The molecule has 0 saturated heterocycles. The molecule has 7 aromatic carbocycles. The highest BCUT2D eigenvalue weighted by molar-refractivity contribution is 6.28. The fraction of sp³-hybridized carbons (Fsp3) is 0.255. The maximum atomic E-state index is 2.37. The molecule has 0 aromatic heterocycles. The topological polar surface area (TPSA) is 0 Å². The quantitative estimate of drug-likeness (QED) is 0.122. The standard InChI is InChI=1S/C29H20.C15H20.3C2H6.CH4/c1-19-12-13-22-14-15-24-26(20-8-4-2-5-9-20)18-27(21-10-6-3-7-11-21)25-17-16-23(19)28(22)29(24)25;1-4-5-6-9-13(2)12-15-11-8-7-10-14(15)3;3*1-2;/h2-18H,1H3;5-11H,4,12H2,1-3H3;3*1-2H3;1H4/b;6-5-,13-9+;;;;. The molecule has 7 aromatic rings. The Kier molecular flexibility index (Phi) is 18.2. The summed E-state index contributed by atoms with van der Waals surface area (Å²) >= 11 is 0. The van der Waals surface area contributed by atoms with Gasteiger partial charge in [-0.2, -0.15) is 0 Å². The number of allylic oxidation sites excluding steroid dienone is 4. The molecule has 0 aliphatic rings. The number of benzene rings is 7. The zero-order valence-electron chi connectivity index (χ0n) is 32.3. The lowest BCUT2D eigenvalue weighted by Gasteiger charge is -2.18. The van der Waals surface area contributed by atoms with Crippen molar-refractivity contribution in [1.29, 1.82) is 0 Å². The first-order chi connectivity index (χ1) is 24.5. The maximum absolute atomic E-state index is 2.37. The average molecular weight is 675 g/mol. The van der Waals surface area contributed by atoms with E-state index in [1.807, 2.05) is 41.5 Å². The summed E-state index contributed by atoms with van der Waals surface area (Å²) < 4.78 is 0. The van der Waals surface area contributed by atoms with E-state index in [9.17, 15) is 0 Å². The monoisotopic (exact) mass is 674 g/mol. The van der Waals surface area contributed by atoms with Gasteiger partial charge >= 0.3 is 0 Å². The lowest BCUT2D eigenvalue weighted by atomic mass is 9.85.